The Balaban J connectivity index is 1.78. The lowest BCUT2D eigenvalue weighted by Gasteiger charge is -2.14. The number of carbonyl (C=O) groups excluding carboxylic acids is 2. The van der Waals surface area contributed by atoms with E-state index in [1.165, 1.54) is 12.1 Å². The van der Waals surface area contributed by atoms with Gasteiger partial charge in [0.1, 0.15) is 5.92 Å². The number of fused-ring (bicyclic) bond motifs is 1. The van der Waals surface area contributed by atoms with Crippen molar-refractivity contribution in [2.75, 3.05) is 11.9 Å². The van der Waals surface area contributed by atoms with Crippen LogP contribution in [0.5, 0.6) is 0 Å². The first-order valence-electron chi connectivity index (χ1n) is 10.2. The van der Waals surface area contributed by atoms with E-state index in [-0.39, 0.29) is 18.2 Å². The van der Waals surface area contributed by atoms with Crippen LogP contribution in [0.2, 0.25) is 0 Å². The number of aliphatic imine (C=N–C) groups is 1. The van der Waals surface area contributed by atoms with Crippen LogP contribution in [0.15, 0.2) is 77.8 Å². The van der Waals surface area contributed by atoms with Crippen molar-refractivity contribution in [2.45, 2.75) is 19.0 Å². The minimum Gasteiger partial charge on any atom is -0.462 e. The molecule has 1 atom stereocenters. The molecule has 0 aliphatic carbocycles. The molecule has 168 valence electrons. The Morgan fingerprint density at radius 3 is 2.33 bits per heavy atom. The molecule has 1 heterocycles. The lowest BCUT2D eigenvalue weighted by Crippen LogP contribution is -2.21. The van der Waals surface area contributed by atoms with Crippen LogP contribution < -0.4 is 5.32 Å². The minimum absolute atomic E-state index is 0.225. The van der Waals surface area contributed by atoms with Crippen LogP contribution in [-0.2, 0) is 15.7 Å². The zero-order valence-corrected chi connectivity index (χ0v) is 17.5. The third-order valence-electron chi connectivity index (χ3n) is 5.18. The van der Waals surface area contributed by atoms with Gasteiger partial charge in [0.25, 0.3) is 0 Å². The number of ether oxygens (including phenoxy) is 1. The molecule has 0 fully saturated rings. The van der Waals surface area contributed by atoms with Crippen molar-refractivity contribution in [3.63, 3.8) is 0 Å². The largest absolute Gasteiger partial charge is 0.462 e. The third kappa shape index (κ3) is 4.64. The summed E-state index contributed by atoms with van der Waals surface area (Å²) in [7, 11) is 0. The second-order valence-corrected chi connectivity index (χ2v) is 7.35. The molecular weight excluding hydrogens is 433 g/mol. The molecule has 33 heavy (non-hydrogen) atoms. The van der Waals surface area contributed by atoms with Gasteiger partial charge in [0.2, 0.25) is 5.91 Å². The topological polar surface area (TPSA) is 67.8 Å². The highest BCUT2D eigenvalue weighted by molar-refractivity contribution is 6.24. The molecule has 0 saturated carbocycles. The van der Waals surface area contributed by atoms with Gasteiger partial charge in [0.15, 0.2) is 0 Å². The van der Waals surface area contributed by atoms with Crippen molar-refractivity contribution in [1.29, 1.82) is 0 Å². The summed E-state index contributed by atoms with van der Waals surface area (Å²) in [6.45, 7) is 1.93. The summed E-state index contributed by atoms with van der Waals surface area (Å²) in [6.07, 6.45) is -4.45. The van der Waals surface area contributed by atoms with E-state index in [0.29, 0.717) is 28.1 Å². The van der Waals surface area contributed by atoms with Crippen LogP contribution in [0.3, 0.4) is 0 Å². The third-order valence-corrected chi connectivity index (χ3v) is 5.18. The van der Waals surface area contributed by atoms with Gasteiger partial charge in [-0.15, -0.1) is 0 Å². The van der Waals surface area contributed by atoms with Gasteiger partial charge < -0.3 is 10.1 Å². The molecular formula is C25H19F3N2O3. The van der Waals surface area contributed by atoms with Crippen molar-refractivity contribution in [1.82, 2.24) is 0 Å². The highest BCUT2D eigenvalue weighted by atomic mass is 19.4. The van der Waals surface area contributed by atoms with Crippen LogP contribution >= 0.6 is 0 Å². The van der Waals surface area contributed by atoms with Crippen LogP contribution in [0.25, 0.3) is 0 Å². The molecule has 0 spiro atoms. The number of amides is 1. The molecule has 1 aliphatic rings. The summed E-state index contributed by atoms with van der Waals surface area (Å²) in [4.78, 5) is 29.6. The van der Waals surface area contributed by atoms with Gasteiger partial charge in [-0.3, -0.25) is 9.79 Å². The van der Waals surface area contributed by atoms with E-state index in [9.17, 15) is 22.8 Å². The molecule has 4 rings (SSSR count). The number of nitrogens with one attached hydrogen (secondary N) is 1. The van der Waals surface area contributed by atoms with Crippen LogP contribution in [0.1, 0.15) is 39.9 Å². The van der Waals surface area contributed by atoms with Crippen molar-refractivity contribution in [3.8, 4) is 0 Å². The predicted octanol–water partition coefficient (Wildman–Crippen LogP) is 5.74. The number of rotatable bonds is 5. The molecule has 3 aromatic carbocycles. The molecule has 1 amide bonds. The zero-order chi connectivity index (χ0) is 23.6. The second-order valence-electron chi connectivity index (χ2n) is 7.35. The number of nitrogens with zero attached hydrogens (tertiary/aromatic N) is 1. The number of esters is 1. The number of carbonyl (C=O) groups is 2. The molecule has 0 aromatic heterocycles. The summed E-state index contributed by atoms with van der Waals surface area (Å²) in [5.41, 5.74) is 1.92. The summed E-state index contributed by atoms with van der Waals surface area (Å²) >= 11 is 0. The predicted molar refractivity (Wildman–Crippen MR) is 118 cm³/mol. The first-order valence-corrected chi connectivity index (χ1v) is 10.2. The van der Waals surface area contributed by atoms with Crippen molar-refractivity contribution in [3.05, 3.63) is 95.1 Å². The van der Waals surface area contributed by atoms with E-state index >= 15 is 0 Å². The fourth-order valence-electron chi connectivity index (χ4n) is 3.64. The average molecular weight is 452 g/mol. The van der Waals surface area contributed by atoms with E-state index < -0.39 is 23.6 Å². The Kier molecular flexibility index (Phi) is 6.00. The Bertz CT molecular complexity index is 1220. The molecule has 5 nitrogen and oxygen atoms in total. The summed E-state index contributed by atoms with van der Waals surface area (Å²) in [5.74, 6) is -1.65. The minimum atomic E-state index is -4.45. The standard InChI is InChI=1S/C25H19F3N2O3/c1-2-33-24(32)16-8-13-19-20(14-16)30-23(31)21(19)22(15-6-4-3-5-7-15)29-18-11-9-17(10-12-18)25(26,27)28/h3-14,21H,2H2,1H3,(H,30,31). The summed E-state index contributed by atoms with van der Waals surface area (Å²) in [6, 6.07) is 18.2. The Labute approximate surface area is 187 Å². The van der Waals surface area contributed by atoms with Crippen LogP contribution in [0, 0.1) is 0 Å². The average Bonchev–Trinajstić information content (AvgIpc) is 3.12. The van der Waals surface area contributed by atoms with Crippen LogP contribution in [0.4, 0.5) is 24.5 Å². The van der Waals surface area contributed by atoms with Crippen LogP contribution in [-0.4, -0.2) is 24.2 Å². The van der Waals surface area contributed by atoms with E-state index in [2.05, 4.69) is 10.3 Å². The Morgan fingerprint density at radius 2 is 1.70 bits per heavy atom. The molecule has 8 heteroatoms. The smallest absolute Gasteiger partial charge is 0.416 e. The lowest BCUT2D eigenvalue weighted by molar-refractivity contribution is -0.137. The Hall–Kier alpha value is -3.94. The van der Waals surface area contributed by atoms with Crippen molar-refractivity contribution >= 4 is 29.0 Å². The number of alkyl halides is 3. The zero-order valence-electron chi connectivity index (χ0n) is 17.5. The van der Waals surface area contributed by atoms with Crippen molar-refractivity contribution < 1.29 is 27.5 Å². The molecule has 0 bridgehead atoms. The molecule has 0 radical (unpaired) electrons. The van der Waals surface area contributed by atoms with Gasteiger partial charge >= 0.3 is 12.1 Å². The maximum Gasteiger partial charge on any atom is 0.416 e. The highest BCUT2D eigenvalue weighted by Gasteiger charge is 2.36. The monoisotopic (exact) mass is 452 g/mol. The maximum absolute atomic E-state index is 13.0. The van der Waals surface area contributed by atoms with E-state index in [4.69, 9.17) is 4.74 Å². The van der Waals surface area contributed by atoms with E-state index in [1.54, 1.807) is 49.4 Å². The first kappa shape index (κ1) is 22.3. The molecule has 1 unspecified atom stereocenters. The summed E-state index contributed by atoms with van der Waals surface area (Å²) < 4.78 is 43.8. The number of benzene rings is 3. The fourth-order valence-corrected chi connectivity index (χ4v) is 3.64. The van der Waals surface area contributed by atoms with Gasteiger partial charge in [0.05, 0.1) is 29.1 Å². The van der Waals surface area contributed by atoms with Gasteiger partial charge in [-0.1, -0.05) is 36.4 Å². The molecule has 3 aromatic rings. The maximum atomic E-state index is 13.0. The second kappa shape index (κ2) is 8.90. The van der Waals surface area contributed by atoms with E-state index in [0.717, 1.165) is 12.1 Å². The molecule has 0 saturated heterocycles. The number of anilines is 1. The van der Waals surface area contributed by atoms with Crippen molar-refractivity contribution in [2.24, 2.45) is 4.99 Å². The molecule has 1 N–H and O–H groups in total. The number of halogens is 3. The Morgan fingerprint density at radius 1 is 1.00 bits per heavy atom. The highest BCUT2D eigenvalue weighted by Crippen LogP contribution is 2.37. The normalized spacial score (nSPS) is 15.7. The number of hydrogen-bond acceptors (Lipinski definition) is 4. The lowest BCUT2D eigenvalue weighted by atomic mass is 9.90. The van der Waals surface area contributed by atoms with Gasteiger partial charge in [-0.05, 0) is 54.4 Å². The van der Waals surface area contributed by atoms with E-state index in [1.807, 2.05) is 6.07 Å². The molecule has 1 aliphatic heterocycles. The quantitative estimate of drug-likeness (QED) is 0.397. The fraction of sp³-hybridized carbons (Fsp3) is 0.160. The number of hydrogen-bond donors (Lipinski definition) is 1. The SMILES string of the molecule is CCOC(=O)c1ccc2c(c1)NC(=O)C2C(=Nc1ccc(C(F)(F)F)cc1)c1ccccc1. The van der Waals surface area contributed by atoms with Gasteiger partial charge in [-0.2, -0.15) is 13.2 Å². The van der Waals surface area contributed by atoms with Gasteiger partial charge in [0, 0.05) is 5.69 Å². The summed E-state index contributed by atoms with van der Waals surface area (Å²) in [5, 5.41) is 2.77. The first-order chi connectivity index (χ1) is 15.8. The van der Waals surface area contributed by atoms with Gasteiger partial charge in [-0.25, -0.2) is 4.79 Å².